The topological polar surface area (TPSA) is 131 Å². The maximum absolute atomic E-state index is 12.3. The predicted molar refractivity (Wildman–Crippen MR) is 185 cm³/mol. The van der Waals surface area contributed by atoms with Crippen LogP contribution < -0.4 is 14.4 Å². The Kier molecular flexibility index (Phi) is 8.59. The van der Waals surface area contributed by atoms with E-state index in [9.17, 15) is 8.42 Å². The lowest BCUT2D eigenvalue weighted by molar-refractivity contribution is -0.0405. The highest BCUT2D eigenvalue weighted by Crippen LogP contribution is 2.41. The molecule has 0 bridgehead atoms. The molecule has 0 spiro atoms. The van der Waals surface area contributed by atoms with Gasteiger partial charge >= 0.3 is 0 Å². The van der Waals surface area contributed by atoms with Crippen molar-refractivity contribution in [2.75, 3.05) is 32.0 Å². The van der Waals surface area contributed by atoms with Crippen molar-refractivity contribution in [3.05, 3.63) is 84.4 Å². The summed E-state index contributed by atoms with van der Waals surface area (Å²) in [5, 5.41) is 10.2. The number of nitrogens with zero attached hydrogens (tertiary/aromatic N) is 8. The summed E-state index contributed by atoms with van der Waals surface area (Å²) in [6.45, 7) is 3.12. The summed E-state index contributed by atoms with van der Waals surface area (Å²) in [4.78, 5) is 12.4. The number of hydrogen-bond donors (Lipinski definition) is 0. The summed E-state index contributed by atoms with van der Waals surface area (Å²) in [7, 11) is 1.70. The zero-order valence-corrected chi connectivity index (χ0v) is 28.9. The standard InChI is InChI=1S/C35H38N8O5S/c1-23-18-30(39-43(23)31-8-6-7-17-48-31)42(21-24-9-11-27(46-3)12-10-24)34-33(47-4)32(26-20-36-40(2)22-26)37-35(38-34)41-16-15-25-19-28(49(5,44)45)13-14-29(25)41/h9-16,18-20,22,31H,6-8,17,21H2,1-5H3. The molecule has 1 saturated heterocycles. The molecule has 14 heteroatoms. The van der Waals surface area contributed by atoms with Gasteiger partial charge < -0.3 is 19.1 Å². The molecule has 2 aromatic carbocycles. The number of hydrogen-bond acceptors (Lipinski definition) is 10. The summed E-state index contributed by atoms with van der Waals surface area (Å²) in [6.07, 6.45) is 9.48. The fraction of sp³-hybridized carbons (Fsp3) is 0.314. The van der Waals surface area contributed by atoms with Crippen molar-refractivity contribution in [2.24, 2.45) is 7.05 Å². The molecule has 7 rings (SSSR count). The lowest BCUT2D eigenvalue weighted by atomic mass is 10.1. The molecule has 1 unspecified atom stereocenters. The highest BCUT2D eigenvalue weighted by Gasteiger charge is 2.28. The number of ether oxygens (including phenoxy) is 3. The molecule has 4 aromatic heterocycles. The van der Waals surface area contributed by atoms with E-state index in [1.54, 1.807) is 43.3 Å². The van der Waals surface area contributed by atoms with Gasteiger partial charge in [0.2, 0.25) is 5.95 Å². The third-order valence-electron chi connectivity index (χ3n) is 8.69. The molecule has 1 aliphatic rings. The Balaban J connectivity index is 1.44. The molecule has 49 heavy (non-hydrogen) atoms. The number of aryl methyl sites for hydroxylation is 2. The van der Waals surface area contributed by atoms with E-state index in [0.29, 0.717) is 42.2 Å². The van der Waals surface area contributed by atoms with Crippen LogP contribution in [0, 0.1) is 6.92 Å². The van der Waals surface area contributed by atoms with Gasteiger partial charge in [-0.05, 0) is 68.1 Å². The van der Waals surface area contributed by atoms with Gasteiger partial charge in [-0.25, -0.2) is 18.1 Å². The normalized spacial score (nSPS) is 15.1. The average Bonchev–Trinajstić information content (AvgIpc) is 3.84. The van der Waals surface area contributed by atoms with Crippen molar-refractivity contribution < 1.29 is 22.6 Å². The van der Waals surface area contributed by atoms with Crippen LogP contribution in [0.4, 0.5) is 11.6 Å². The van der Waals surface area contributed by atoms with E-state index in [-0.39, 0.29) is 11.1 Å². The molecule has 13 nitrogen and oxygen atoms in total. The molecule has 0 aliphatic carbocycles. The molecule has 0 radical (unpaired) electrons. The highest BCUT2D eigenvalue weighted by atomic mass is 32.2. The lowest BCUT2D eigenvalue weighted by Crippen LogP contribution is -2.23. The van der Waals surface area contributed by atoms with Crippen molar-refractivity contribution in [3.8, 4) is 28.7 Å². The smallest absolute Gasteiger partial charge is 0.236 e. The van der Waals surface area contributed by atoms with E-state index in [4.69, 9.17) is 29.3 Å². The first kappa shape index (κ1) is 32.3. The molecule has 1 atom stereocenters. The van der Waals surface area contributed by atoms with Gasteiger partial charge in [-0.1, -0.05) is 12.1 Å². The third-order valence-corrected chi connectivity index (χ3v) is 9.80. The molecule has 1 aliphatic heterocycles. The molecule has 5 heterocycles. The molecular formula is C35H38N8O5S. The van der Waals surface area contributed by atoms with Gasteiger partial charge in [0.25, 0.3) is 0 Å². The summed E-state index contributed by atoms with van der Waals surface area (Å²) in [5.41, 5.74) is 3.97. The maximum atomic E-state index is 12.3. The number of fused-ring (bicyclic) bond motifs is 1. The Labute approximate surface area is 284 Å². The number of benzene rings is 2. The Hall–Kier alpha value is -5.21. The zero-order chi connectivity index (χ0) is 34.3. The fourth-order valence-electron chi connectivity index (χ4n) is 6.16. The summed E-state index contributed by atoms with van der Waals surface area (Å²) < 4.78 is 47.8. The van der Waals surface area contributed by atoms with Crippen LogP contribution in [0.2, 0.25) is 0 Å². The predicted octanol–water partition coefficient (Wildman–Crippen LogP) is 5.78. The van der Waals surface area contributed by atoms with Crippen LogP contribution in [-0.2, 0) is 28.2 Å². The van der Waals surface area contributed by atoms with Crippen LogP contribution in [0.3, 0.4) is 0 Å². The molecule has 0 N–H and O–H groups in total. The summed E-state index contributed by atoms with van der Waals surface area (Å²) in [5.74, 6) is 2.72. The minimum absolute atomic E-state index is 0.151. The van der Waals surface area contributed by atoms with E-state index in [2.05, 4.69) is 5.10 Å². The van der Waals surface area contributed by atoms with Gasteiger partial charge in [0.1, 0.15) is 11.4 Å². The lowest BCUT2D eigenvalue weighted by Gasteiger charge is -2.26. The highest BCUT2D eigenvalue weighted by molar-refractivity contribution is 7.90. The first-order valence-corrected chi connectivity index (χ1v) is 17.9. The van der Waals surface area contributed by atoms with E-state index < -0.39 is 9.84 Å². The van der Waals surface area contributed by atoms with Crippen molar-refractivity contribution in [2.45, 2.75) is 43.9 Å². The molecule has 6 aromatic rings. The van der Waals surface area contributed by atoms with Crippen LogP contribution in [0.15, 0.2) is 78.1 Å². The monoisotopic (exact) mass is 682 g/mol. The first-order chi connectivity index (χ1) is 23.6. The molecular weight excluding hydrogens is 645 g/mol. The average molecular weight is 683 g/mol. The third kappa shape index (κ3) is 6.36. The Morgan fingerprint density at radius 1 is 1.02 bits per heavy atom. The fourth-order valence-corrected chi connectivity index (χ4v) is 6.82. The molecule has 0 saturated carbocycles. The van der Waals surface area contributed by atoms with Crippen molar-refractivity contribution in [1.29, 1.82) is 0 Å². The quantitative estimate of drug-likeness (QED) is 0.175. The van der Waals surface area contributed by atoms with Gasteiger partial charge in [-0.15, -0.1) is 0 Å². The molecule has 1 fully saturated rings. The van der Waals surface area contributed by atoms with E-state index in [1.807, 2.05) is 76.9 Å². The molecule has 0 amide bonds. The second kappa shape index (κ2) is 13.0. The van der Waals surface area contributed by atoms with Crippen molar-refractivity contribution in [1.82, 2.24) is 34.1 Å². The number of aromatic nitrogens is 7. The van der Waals surface area contributed by atoms with E-state index in [0.717, 1.165) is 52.7 Å². The van der Waals surface area contributed by atoms with E-state index >= 15 is 0 Å². The van der Waals surface area contributed by atoms with Crippen LogP contribution >= 0.6 is 0 Å². The van der Waals surface area contributed by atoms with E-state index in [1.165, 1.54) is 6.26 Å². The minimum Gasteiger partial charge on any atom is -0.497 e. The maximum Gasteiger partial charge on any atom is 0.236 e. The molecule has 254 valence electrons. The zero-order valence-electron chi connectivity index (χ0n) is 28.1. The SMILES string of the molecule is COc1ccc(CN(c2cc(C)n(C3CCCCO3)n2)c2nc(-n3ccc4cc(S(C)(=O)=O)ccc43)nc(-c3cnn(C)c3)c2OC)cc1. The number of anilines is 2. The van der Waals surface area contributed by atoms with Crippen LogP contribution in [0.25, 0.3) is 28.1 Å². The van der Waals surface area contributed by atoms with Crippen LogP contribution in [0.1, 0.15) is 36.7 Å². The van der Waals surface area contributed by atoms with Crippen LogP contribution in [-0.4, -0.2) is 69.6 Å². The Bertz CT molecular complexity index is 2230. The van der Waals surface area contributed by atoms with Crippen molar-refractivity contribution >= 4 is 32.4 Å². The largest absolute Gasteiger partial charge is 0.497 e. The van der Waals surface area contributed by atoms with Gasteiger partial charge in [0.15, 0.2) is 33.5 Å². The second-order valence-electron chi connectivity index (χ2n) is 12.2. The van der Waals surface area contributed by atoms with Gasteiger partial charge in [-0.2, -0.15) is 15.2 Å². The van der Waals surface area contributed by atoms with Gasteiger partial charge in [0, 0.05) is 55.0 Å². The summed E-state index contributed by atoms with van der Waals surface area (Å²) >= 11 is 0. The number of methoxy groups -OCH3 is 2. The minimum atomic E-state index is -3.39. The second-order valence-corrected chi connectivity index (χ2v) is 14.2. The number of sulfone groups is 1. The first-order valence-electron chi connectivity index (χ1n) is 16.0. The van der Waals surface area contributed by atoms with Crippen LogP contribution in [0.5, 0.6) is 11.5 Å². The number of rotatable bonds is 10. The summed E-state index contributed by atoms with van der Waals surface area (Å²) in [6, 6.07) is 16.8. The Morgan fingerprint density at radius 2 is 1.84 bits per heavy atom. The van der Waals surface area contributed by atoms with Crippen molar-refractivity contribution in [3.63, 3.8) is 0 Å². The van der Waals surface area contributed by atoms with Gasteiger partial charge in [-0.3, -0.25) is 9.25 Å². The van der Waals surface area contributed by atoms with Gasteiger partial charge in [0.05, 0.1) is 37.4 Å². The Morgan fingerprint density at radius 3 is 2.51 bits per heavy atom.